The van der Waals surface area contributed by atoms with Gasteiger partial charge in [-0.25, -0.2) is 0 Å². The highest BCUT2D eigenvalue weighted by Gasteiger charge is 2.34. The van der Waals surface area contributed by atoms with Crippen molar-refractivity contribution in [1.29, 1.82) is 0 Å². The molecule has 2 heterocycles. The monoisotopic (exact) mass is 404 g/mol. The number of carbonyl (C=O) groups excluding carboxylic acids is 2. The van der Waals surface area contributed by atoms with Gasteiger partial charge in [-0.15, -0.1) is 0 Å². The Balaban J connectivity index is 1.46. The molecular formula is C22H32N2O5. The van der Waals surface area contributed by atoms with Crippen LogP contribution in [0.1, 0.15) is 50.6 Å². The van der Waals surface area contributed by atoms with Crippen molar-refractivity contribution in [3.05, 3.63) is 35.9 Å². The minimum atomic E-state index is -0.489. The van der Waals surface area contributed by atoms with Crippen molar-refractivity contribution in [2.75, 3.05) is 19.8 Å². The Labute approximate surface area is 172 Å². The Kier molecular flexibility index (Phi) is 8.03. The first-order chi connectivity index (χ1) is 14.1. The second kappa shape index (κ2) is 10.7. The first-order valence-electron chi connectivity index (χ1n) is 10.6. The third-order valence-corrected chi connectivity index (χ3v) is 5.81. The van der Waals surface area contributed by atoms with Crippen molar-refractivity contribution in [2.24, 2.45) is 5.92 Å². The number of aliphatic hydroxyl groups is 1. The lowest BCUT2D eigenvalue weighted by molar-refractivity contribution is -0.139. The van der Waals surface area contributed by atoms with Crippen LogP contribution in [0.4, 0.5) is 0 Å². The van der Waals surface area contributed by atoms with Crippen molar-refractivity contribution >= 4 is 11.8 Å². The summed E-state index contributed by atoms with van der Waals surface area (Å²) < 4.78 is 11.3. The van der Waals surface area contributed by atoms with Crippen LogP contribution in [0.15, 0.2) is 30.3 Å². The maximum absolute atomic E-state index is 12.5. The highest BCUT2D eigenvalue weighted by molar-refractivity contribution is 5.79. The number of rotatable bonds is 7. The number of benzene rings is 1. The van der Waals surface area contributed by atoms with E-state index in [4.69, 9.17) is 9.47 Å². The molecule has 2 fully saturated rings. The molecule has 3 rings (SSSR count). The van der Waals surface area contributed by atoms with Crippen LogP contribution < -0.4 is 10.6 Å². The van der Waals surface area contributed by atoms with E-state index in [0.717, 1.165) is 18.4 Å². The predicted molar refractivity (Wildman–Crippen MR) is 108 cm³/mol. The van der Waals surface area contributed by atoms with Crippen LogP contribution >= 0.6 is 0 Å². The summed E-state index contributed by atoms with van der Waals surface area (Å²) in [5.41, 5.74) is 1.05. The summed E-state index contributed by atoms with van der Waals surface area (Å²) in [7, 11) is 0. The number of carbonyl (C=O) groups is 2. The first-order valence-corrected chi connectivity index (χ1v) is 10.6. The van der Waals surface area contributed by atoms with Gasteiger partial charge in [-0.05, 0) is 38.2 Å². The summed E-state index contributed by atoms with van der Waals surface area (Å²) >= 11 is 0. The number of ether oxygens (including phenoxy) is 2. The minimum Gasteiger partial charge on any atom is -0.394 e. The number of hydrogen-bond donors (Lipinski definition) is 3. The molecular weight excluding hydrogens is 372 g/mol. The van der Waals surface area contributed by atoms with Crippen LogP contribution in [0.5, 0.6) is 0 Å². The molecule has 0 spiro atoms. The lowest BCUT2D eigenvalue weighted by Crippen LogP contribution is -2.53. The zero-order chi connectivity index (χ0) is 20.6. The van der Waals surface area contributed by atoms with Gasteiger partial charge in [0.25, 0.3) is 0 Å². The Morgan fingerprint density at radius 2 is 1.86 bits per heavy atom. The summed E-state index contributed by atoms with van der Waals surface area (Å²) in [5.74, 6) is -0.105. The Morgan fingerprint density at radius 1 is 1.14 bits per heavy atom. The van der Waals surface area contributed by atoms with Gasteiger partial charge in [-0.2, -0.15) is 0 Å². The number of nitrogens with one attached hydrogen (secondary N) is 2. The van der Waals surface area contributed by atoms with E-state index in [1.165, 1.54) is 0 Å². The zero-order valence-electron chi connectivity index (χ0n) is 17.0. The molecule has 0 saturated carbocycles. The molecule has 7 nitrogen and oxygen atoms in total. The molecule has 7 heteroatoms. The van der Waals surface area contributed by atoms with Gasteiger partial charge in [0.15, 0.2) is 0 Å². The fourth-order valence-corrected chi connectivity index (χ4v) is 4.04. The standard InChI is InChI=1S/C22H32N2O5/c1-15(16-5-3-2-4-6-16)23-21(26)13-18-7-8-19(20(14-25)29-18)24-22(27)17-9-11-28-12-10-17/h2-6,15,17-20,25H,7-14H2,1H3,(H,23,26)(H,24,27)/t15-,18+,19-,20+/m0/s1. The lowest BCUT2D eigenvalue weighted by atomic mass is 9.94. The van der Waals surface area contributed by atoms with Gasteiger partial charge in [0.05, 0.1) is 31.2 Å². The second-order valence-electron chi connectivity index (χ2n) is 7.96. The summed E-state index contributed by atoms with van der Waals surface area (Å²) in [5, 5.41) is 15.8. The smallest absolute Gasteiger partial charge is 0.223 e. The Morgan fingerprint density at radius 3 is 2.55 bits per heavy atom. The molecule has 2 aliphatic rings. The Bertz CT molecular complexity index is 662. The van der Waals surface area contributed by atoms with E-state index >= 15 is 0 Å². The lowest BCUT2D eigenvalue weighted by Gasteiger charge is -2.37. The molecule has 0 radical (unpaired) electrons. The largest absolute Gasteiger partial charge is 0.394 e. The van der Waals surface area contributed by atoms with E-state index < -0.39 is 6.10 Å². The van der Waals surface area contributed by atoms with E-state index in [9.17, 15) is 14.7 Å². The van der Waals surface area contributed by atoms with Crippen molar-refractivity contribution in [2.45, 2.75) is 63.3 Å². The van der Waals surface area contributed by atoms with E-state index in [1.807, 2.05) is 37.3 Å². The average molecular weight is 405 g/mol. The van der Waals surface area contributed by atoms with E-state index in [2.05, 4.69) is 10.6 Å². The van der Waals surface area contributed by atoms with Gasteiger partial charge in [-0.3, -0.25) is 9.59 Å². The maximum atomic E-state index is 12.5. The van der Waals surface area contributed by atoms with Crippen molar-refractivity contribution in [3.63, 3.8) is 0 Å². The maximum Gasteiger partial charge on any atom is 0.223 e. The fourth-order valence-electron chi connectivity index (χ4n) is 4.04. The number of aliphatic hydroxyl groups excluding tert-OH is 1. The van der Waals surface area contributed by atoms with Crippen LogP contribution in [0.3, 0.4) is 0 Å². The normalized spacial score (nSPS) is 26.5. The second-order valence-corrected chi connectivity index (χ2v) is 7.96. The number of hydrogen-bond acceptors (Lipinski definition) is 5. The minimum absolute atomic E-state index is 0.00762. The van der Waals surface area contributed by atoms with Crippen LogP contribution in [0.25, 0.3) is 0 Å². The molecule has 1 aromatic rings. The van der Waals surface area contributed by atoms with Crippen molar-refractivity contribution in [1.82, 2.24) is 10.6 Å². The molecule has 0 unspecified atom stereocenters. The fraction of sp³-hybridized carbons (Fsp3) is 0.636. The highest BCUT2D eigenvalue weighted by Crippen LogP contribution is 2.24. The molecule has 2 saturated heterocycles. The van der Waals surface area contributed by atoms with Gasteiger partial charge in [-0.1, -0.05) is 30.3 Å². The van der Waals surface area contributed by atoms with Gasteiger partial charge in [0.1, 0.15) is 6.10 Å². The highest BCUT2D eigenvalue weighted by atomic mass is 16.5. The van der Waals surface area contributed by atoms with Gasteiger partial charge in [0, 0.05) is 19.1 Å². The Hall–Kier alpha value is -1.96. The van der Waals surface area contributed by atoms with Crippen molar-refractivity contribution < 1.29 is 24.2 Å². The third kappa shape index (κ3) is 6.26. The topological polar surface area (TPSA) is 96.9 Å². The molecule has 0 bridgehead atoms. The van der Waals surface area contributed by atoms with E-state index in [1.54, 1.807) is 0 Å². The zero-order valence-corrected chi connectivity index (χ0v) is 17.0. The van der Waals surface area contributed by atoms with Crippen LogP contribution in [0, 0.1) is 5.92 Å². The quantitative estimate of drug-likeness (QED) is 0.643. The molecule has 1 aromatic carbocycles. The van der Waals surface area contributed by atoms with Crippen LogP contribution in [0.2, 0.25) is 0 Å². The van der Waals surface area contributed by atoms with Gasteiger partial charge in [0.2, 0.25) is 11.8 Å². The summed E-state index contributed by atoms with van der Waals surface area (Å²) in [6.07, 6.45) is 2.31. The molecule has 29 heavy (non-hydrogen) atoms. The number of amides is 2. The summed E-state index contributed by atoms with van der Waals surface area (Å²) in [6.45, 7) is 2.99. The summed E-state index contributed by atoms with van der Waals surface area (Å²) in [6, 6.07) is 9.50. The third-order valence-electron chi connectivity index (χ3n) is 5.81. The molecule has 3 N–H and O–H groups in total. The molecule has 2 aliphatic heterocycles. The van der Waals surface area contributed by atoms with E-state index in [-0.39, 0.29) is 48.9 Å². The molecule has 4 atom stereocenters. The van der Waals surface area contributed by atoms with Gasteiger partial charge >= 0.3 is 0 Å². The average Bonchev–Trinajstić information content (AvgIpc) is 2.75. The van der Waals surface area contributed by atoms with Crippen molar-refractivity contribution in [3.8, 4) is 0 Å². The van der Waals surface area contributed by atoms with E-state index in [0.29, 0.717) is 26.1 Å². The van der Waals surface area contributed by atoms with Gasteiger partial charge < -0.3 is 25.2 Å². The van der Waals surface area contributed by atoms with Crippen LogP contribution in [-0.4, -0.2) is 55.0 Å². The van der Waals surface area contributed by atoms with Crippen LogP contribution in [-0.2, 0) is 19.1 Å². The first kappa shape index (κ1) is 21.7. The predicted octanol–water partition coefficient (Wildman–Crippen LogP) is 1.71. The SMILES string of the molecule is C[C@H](NC(=O)C[C@H]1CC[C@H](NC(=O)C2CCOCC2)[C@@H](CO)O1)c1ccccc1. The molecule has 160 valence electrons. The molecule has 2 amide bonds. The molecule has 0 aliphatic carbocycles. The summed E-state index contributed by atoms with van der Waals surface area (Å²) in [4.78, 5) is 24.9. The molecule has 0 aromatic heterocycles.